The van der Waals surface area contributed by atoms with Crippen LogP contribution in [-0.4, -0.2) is 17.1 Å². The lowest BCUT2D eigenvalue weighted by Gasteiger charge is -2.15. The highest BCUT2D eigenvalue weighted by Crippen LogP contribution is 2.35. The third kappa shape index (κ3) is 4.49. The van der Waals surface area contributed by atoms with Crippen LogP contribution in [0.15, 0.2) is 4.36 Å². The van der Waals surface area contributed by atoms with Crippen LogP contribution in [0.1, 0.15) is 13.8 Å². The molecule has 0 aromatic heterocycles. The van der Waals surface area contributed by atoms with Crippen molar-refractivity contribution in [1.82, 2.24) is 0 Å². The molecule has 0 aromatic carbocycles. The van der Waals surface area contributed by atoms with E-state index in [0.717, 1.165) is 13.8 Å². The maximum atomic E-state index is 11.8. The summed E-state index contributed by atoms with van der Waals surface area (Å²) in [5.41, 5.74) is -10.7. The summed E-state index contributed by atoms with van der Waals surface area (Å²) >= 11 is 0. The average molecular weight is 227 g/mol. The number of halogens is 6. The van der Waals surface area contributed by atoms with Gasteiger partial charge in [0.1, 0.15) is 10.7 Å². The monoisotopic (exact) mass is 227 g/mol. The quantitative estimate of drug-likeness (QED) is 0.610. The summed E-state index contributed by atoms with van der Waals surface area (Å²) in [7, 11) is -3.86. The lowest BCUT2D eigenvalue weighted by Crippen LogP contribution is -2.30. The van der Waals surface area contributed by atoms with Crippen LogP contribution in [0.2, 0.25) is 0 Å². The van der Waals surface area contributed by atoms with Gasteiger partial charge in [0.15, 0.2) is 0 Å². The van der Waals surface area contributed by atoms with Crippen molar-refractivity contribution in [3.05, 3.63) is 0 Å². The van der Waals surface area contributed by atoms with Gasteiger partial charge in [0.25, 0.3) is 0 Å². The Balaban J connectivity index is 5.01. The van der Waals surface area contributed by atoms with Crippen LogP contribution >= 0.6 is 0 Å². The second-order valence-corrected chi connectivity index (χ2v) is 4.08. The molecule has 0 saturated heterocycles. The van der Waals surface area contributed by atoms with Gasteiger partial charge in [-0.1, -0.05) is 0 Å². The first kappa shape index (κ1) is 12.7. The summed E-state index contributed by atoms with van der Waals surface area (Å²) in [6, 6.07) is -0.994. The molecule has 0 amide bonds. The Labute approximate surface area is 73.2 Å². The van der Waals surface area contributed by atoms with E-state index in [1.54, 1.807) is 0 Å². The van der Waals surface area contributed by atoms with Crippen molar-refractivity contribution in [2.45, 2.75) is 30.9 Å². The normalized spacial score (nSPS) is 14.0. The Morgan fingerprint density at radius 3 is 1.31 bits per heavy atom. The third-order valence-corrected chi connectivity index (χ3v) is 2.26. The van der Waals surface area contributed by atoms with Crippen LogP contribution in [0.25, 0.3) is 0 Å². The number of hydrogen-bond donors (Lipinski definition) is 0. The summed E-state index contributed by atoms with van der Waals surface area (Å²) in [6.07, 6.45) is 0. The molecule has 0 saturated carbocycles. The predicted molar refractivity (Wildman–Crippen MR) is 37.0 cm³/mol. The number of alkyl halides is 6. The minimum absolute atomic E-state index is 0.994. The van der Waals surface area contributed by atoms with Crippen molar-refractivity contribution in [1.29, 1.82) is 0 Å². The van der Waals surface area contributed by atoms with Gasteiger partial charge in [-0.05, 0) is 13.8 Å². The summed E-state index contributed by atoms with van der Waals surface area (Å²) in [4.78, 5) is 0. The van der Waals surface area contributed by atoms with E-state index in [2.05, 4.69) is 4.36 Å². The highest BCUT2D eigenvalue weighted by Gasteiger charge is 2.51. The molecule has 0 heterocycles. The number of rotatable bonds is 1. The molecule has 13 heavy (non-hydrogen) atoms. The Morgan fingerprint density at radius 2 is 1.23 bits per heavy atom. The Morgan fingerprint density at radius 1 is 0.923 bits per heavy atom. The molecule has 0 aromatic rings. The molecule has 0 unspecified atom stereocenters. The lowest BCUT2D eigenvalue weighted by atomic mass is 10.4. The van der Waals surface area contributed by atoms with Crippen molar-refractivity contribution in [2.75, 3.05) is 0 Å². The Bertz CT molecular complexity index is 186. The first-order chi connectivity index (χ1) is 5.55. The molecule has 0 aliphatic rings. The molecule has 8 heteroatoms. The van der Waals surface area contributed by atoms with Gasteiger partial charge in [0, 0.05) is 0 Å². The Hall–Kier alpha value is -0.270. The summed E-state index contributed by atoms with van der Waals surface area (Å²) in [5.74, 6) is 0. The van der Waals surface area contributed by atoms with Gasteiger partial charge < -0.3 is 0 Å². The van der Waals surface area contributed by atoms with E-state index in [-0.39, 0.29) is 0 Å². The van der Waals surface area contributed by atoms with Crippen LogP contribution in [0.4, 0.5) is 26.3 Å². The lowest BCUT2D eigenvalue weighted by molar-refractivity contribution is -0.0751. The molecule has 0 aliphatic carbocycles. The van der Waals surface area contributed by atoms with Gasteiger partial charge in [-0.25, -0.2) is 4.36 Å². The fourth-order valence-electron chi connectivity index (χ4n) is 0.462. The van der Waals surface area contributed by atoms with E-state index >= 15 is 0 Å². The fourth-order valence-corrected chi connectivity index (χ4v) is 1.38. The zero-order chi connectivity index (χ0) is 10.9. The highest BCUT2D eigenvalue weighted by atomic mass is 32.2. The minimum atomic E-state index is -5.33. The summed E-state index contributed by atoms with van der Waals surface area (Å²) in [5, 5.41) is 0. The molecule has 0 rings (SSSR count). The van der Waals surface area contributed by atoms with Crippen LogP contribution in [0, 0.1) is 0 Å². The van der Waals surface area contributed by atoms with E-state index in [9.17, 15) is 26.3 Å². The van der Waals surface area contributed by atoms with Crippen molar-refractivity contribution < 1.29 is 26.3 Å². The van der Waals surface area contributed by atoms with Crippen molar-refractivity contribution in [3.63, 3.8) is 0 Å². The van der Waals surface area contributed by atoms with Gasteiger partial charge in [-0.15, -0.1) is 0 Å². The van der Waals surface area contributed by atoms with Crippen molar-refractivity contribution in [3.8, 4) is 0 Å². The van der Waals surface area contributed by atoms with E-state index in [0.29, 0.717) is 0 Å². The zero-order valence-electron chi connectivity index (χ0n) is 6.70. The van der Waals surface area contributed by atoms with Crippen molar-refractivity contribution in [2.24, 2.45) is 4.36 Å². The second kappa shape index (κ2) is 3.85. The smallest absolute Gasteiger partial charge is 0.246 e. The molecule has 80 valence electrons. The molecular formula is C5H7F6NS. The molecule has 0 N–H and O–H groups in total. The molecule has 0 spiro atoms. The zero-order valence-corrected chi connectivity index (χ0v) is 7.52. The molecule has 0 bridgehead atoms. The molecule has 0 fully saturated rings. The van der Waals surface area contributed by atoms with Crippen LogP contribution in [-0.2, 0) is 10.7 Å². The van der Waals surface area contributed by atoms with Crippen molar-refractivity contribution >= 4 is 10.7 Å². The summed E-state index contributed by atoms with van der Waals surface area (Å²) < 4.78 is 73.2. The maximum absolute atomic E-state index is 11.8. The van der Waals surface area contributed by atoms with E-state index < -0.39 is 27.7 Å². The fraction of sp³-hybridized carbons (Fsp3) is 1.00. The van der Waals surface area contributed by atoms with E-state index in [1.807, 2.05) is 0 Å². The molecule has 1 nitrogen and oxygen atoms in total. The van der Waals surface area contributed by atoms with Gasteiger partial charge in [0.2, 0.25) is 0 Å². The maximum Gasteiger partial charge on any atom is 0.460 e. The number of hydrogen-bond acceptors (Lipinski definition) is 1. The Kier molecular flexibility index (Phi) is 3.77. The standard InChI is InChI=1S/C5H7F6NS/c1-3(2)12-13(4(6,7)8)5(9,10)11/h3H,1-2H3. The summed E-state index contributed by atoms with van der Waals surface area (Å²) in [6.45, 7) is 2.33. The SMILES string of the molecule is CC(C)N=S(C(F)(F)F)C(F)(F)F. The molecular weight excluding hydrogens is 220 g/mol. The van der Waals surface area contributed by atoms with Crippen LogP contribution in [0.5, 0.6) is 0 Å². The first-order valence-corrected chi connectivity index (χ1v) is 4.32. The van der Waals surface area contributed by atoms with Crippen LogP contribution in [0.3, 0.4) is 0 Å². The minimum Gasteiger partial charge on any atom is -0.246 e. The van der Waals surface area contributed by atoms with Gasteiger partial charge in [-0.3, -0.25) is 0 Å². The van der Waals surface area contributed by atoms with Gasteiger partial charge >= 0.3 is 11.0 Å². The first-order valence-electron chi connectivity index (χ1n) is 3.14. The number of nitrogens with zero attached hydrogens (tertiary/aromatic N) is 1. The van der Waals surface area contributed by atoms with Gasteiger partial charge in [0.05, 0.1) is 6.04 Å². The largest absolute Gasteiger partial charge is 0.460 e. The molecule has 0 radical (unpaired) electrons. The third-order valence-electron chi connectivity index (χ3n) is 0.755. The van der Waals surface area contributed by atoms with Gasteiger partial charge in [-0.2, -0.15) is 26.3 Å². The molecule has 0 atom stereocenters. The molecule has 0 aliphatic heterocycles. The average Bonchev–Trinajstić information content (AvgIpc) is 1.77. The second-order valence-electron chi connectivity index (χ2n) is 2.38. The van der Waals surface area contributed by atoms with E-state index in [4.69, 9.17) is 0 Å². The highest BCUT2D eigenvalue weighted by molar-refractivity contribution is 7.89. The van der Waals surface area contributed by atoms with E-state index in [1.165, 1.54) is 0 Å². The van der Waals surface area contributed by atoms with Crippen LogP contribution < -0.4 is 0 Å². The predicted octanol–water partition coefficient (Wildman–Crippen LogP) is 3.24. The topological polar surface area (TPSA) is 12.4 Å².